The van der Waals surface area contributed by atoms with E-state index in [-0.39, 0.29) is 17.3 Å². The van der Waals surface area contributed by atoms with E-state index in [1.165, 1.54) is 6.07 Å². The zero-order valence-corrected chi connectivity index (χ0v) is 15.0. The fourth-order valence-electron chi connectivity index (χ4n) is 2.74. The zero-order valence-electron chi connectivity index (χ0n) is 15.0. The van der Waals surface area contributed by atoms with Crippen molar-refractivity contribution in [3.05, 3.63) is 95.1 Å². The fourth-order valence-corrected chi connectivity index (χ4v) is 2.74. The number of nitrogens with zero attached hydrogens (tertiary/aromatic N) is 3. The molecule has 2 amide bonds. The number of carbonyl (C=O) groups is 2. The molecular weight excluding hydrogens is 340 g/mol. The summed E-state index contributed by atoms with van der Waals surface area (Å²) in [4.78, 5) is 34.7. The molecule has 0 unspecified atom stereocenters. The lowest BCUT2D eigenvalue weighted by Crippen LogP contribution is -2.31. The topological polar surface area (TPSA) is 89.2 Å². The monoisotopic (exact) mass is 360 g/mol. The fraction of sp³-hybridized carbons (Fsp3) is 0.143. The lowest BCUT2D eigenvalue weighted by atomic mass is 10.2. The minimum atomic E-state index is -0.667. The summed E-state index contributed by atoms with van der Waals surface area (Å²) >= 11 is 0. The first-order chi connectivity index (χ1) is 13.0. The minimum Gasteiger partial charge on any atom is -0.364 e. The van der Waals surface area contributed by atoms with E-state index in [9.17, 15) is 9.59 Å². The van der Waals surface area contributed by atoms with E-state index in [0.717, 1.165) is 17.0 Å². The van der Waals surface area contributed by atoms with Crippen LogP contribution >= 0.6 is 0 Å². The molecule has 6 nitrogen and oxygen atoms in total. The van der Waals surface area contributed by atoms with E-state index in [1.54, 1.807) is 17.0 Å². The highest BCUT2D eigenvalue weighted by atomic mass is 16.2. The Balaban J connectivity index is 1.91. The molecule has 6 heteroatoms. The Morgan fingerprint density at radius 1 is 0.852 bits per heavy atom. The highest BCUT2D eigenvalue weighted by Crippen LogP contribution is 2.13. The van der Waals surface area contributed by atoms with Gasteiger partial charge in [0.05, 0.1) is 12.2 Å². The van der Waals surface area contributed by atoms with Gasteiger partial charge in [0.25, 0.3) is 11.8 Å². The molecule has 1 aromatic carbocycles. The maximum atomic E-state index is 13.1. The van der Waals surface area contributed by atoms with Gasteiger partial charge in [0.2, 0.25) is 0 Å². The highest BCUT2D eigenvalue weighted by molar-refractivity contribution is 5.95. The lowest BCUT2D eigenvalue weighted by molar-refractivity contribution is 0.0721. The molecule has 2 heterocycles. The summed E-state index contributed by atoms with van der Waals surface area (Å²) in [7, 11) is 0. The molecule has 0 aliphatic heterocycles. The largest absolute Gasteiger partial charge is 0.364 e. The van der Waals surface area contributed by atoms with Gasteiger partial charge in [0, 0.05) is 12.2 Å². The molecule has 3 aromatic rings. The molecule has 27 heavy (non-hydrogen) atoms. The molecule has 0 spiro atoms. The van der Waals surface area contributed by atoms with Gasteiger partial charge in [-0.25, -0.2) is 4.98 Å². The molecule has 0 radical (unpaired) electrons. The van der Waals surface area contributed by atoms with Crippen LogP contribution in [0.5, 0.6) is 0 Å². The number of nitrogens with two attached hydrogens (primary N) is 1. The van der Waals surface area contributed by atoms with Crippen LogP contribution in [0.15, 0.2) is 66.7 Å². The smallest absolute Gasteiger partial charge is 0.273 e. The molecule has 0 fully saturated rings. The average Bonchev–Trinajstić information content (AvgIpc) is 2.68. The van der Waals surface area contributed by atoms with E-state index >= 15 is 0 Å². The quantitative estimate of drug-likeness (QED) is 0.732. The first kappa shape index (κ1) is 18.3. The summed E-state index contributed by atoms with van der Waals surface area (Å²) in [5, 5.41) is 0. The Morgan fingerprint density at radius 3 is 2.26 bits per heavy atom. The maximum Gasteiger partial charge on any atom is 0.273 e. The number of primary amides is 1. The lowest BCUT2D eigenvalue weighted by Gasteiger charge is -2.22. The molecular formula is C21H20N4O2. The van der Waals surface area contributed by atoms with E-state index < -0.39 is 5.91 Å². The first-order valence-electron chi connectivity index (χ1n) is 8.55. The zero-order chi connectivity index (χ0) is 19.2. The third-order valence-electron chi connectivity index (χ3n) is 4.02. The summed E-state index contributed by atoms with van der Waals surface area (Å²) < 4.78 is 0. The first-order valence-corrected chi connectivity index (χ1v) is 8.55. The maximum absolute atomic E-state index is 13.1. The molecule has 0 aliphatic carbocycles. The predicted molar refractivity (Wildman–Crippen MR) is 102 cm³/mol. The van der Waals surface area contributed by atoms with Crippen LogP contribution in [-0.4, -0.2) is 26.7 Å². The van der Waals surface area contributed by atoms with Crippen LogP contribution in [0.25, 0.3) is 0 Å². The van der Waals surface area contributed by atoms with Gasteiger partial charge in [0.15, 0.2) is 0 Å². The van der Waals surface area contributed by atoms with Gasteiger partial charge < -0.3 is 10.6 Å². The van der Waals surface area contributed by atoms with Crippen molar-refractivity contribution in [2.24, 2.45) is 5.73 Å². The standard InChI is InChI=1S/C21H20N4O2/c1-15-7-5-10-17(23-15)14-25(13-16-8-3-2-4-9-16)21(27)19-12-6-11-18(24-19)20(22)26/h2-12H,13-14H2,1H3,(H2,22,26). The normalized spacial score (nSPS) is 10.4. The summed E-state index contributed by atoms with van der Waals surface area (Å²) in [6.07, 6.45) is 0. The van der Waals surface area contributed by atoms with Crippen molar-refractivity contribution in [3.8, 4) is 0 Å². The van der Waals surface area contributed by atoms with Gasteiger partial charge in [-0.3, -0.25) is 14.6 Å². The van der Waals surface area contributed by atoms with Crippen LogP contribution in [0.3, 0.4) is 0 Å². The van der Waals surface area contributed by atoms with Crippen molar-refractivity contribution in [2.75, 3.05) is 0 Å². The summed E-state index contributed by atoms with van der Waals surface area (Å²) in [6.45, 7) is 2.64. The molecule has 0 atom stereocenters. The Bertz CT molecular complexity index is 957. The van der Waals surface area contributed by atoms with Gasteiger partial charge in [-0.2, -0.15) is 0 Å². The van der Waals surface area contributed by atoms with Crippen molar-refractivity contribution in [1.29, 1.82) is 0 Å². The number of amides is 2. The number of pyridine rings is 2. The van der Waals surface area contributed by atoms with Crippen LogP contribution in [0, 0.1) is 6.92 Å². The number of benzene rings is 1. The molecule has 2 aromatic heterocycles. The number of aromatic nitrogens is 2. The Kier molecular flexibility index (Phi) is 5.56. The third kappa shape index (κ3) is 4.76. The molecule has 0 saturated heterocycles. The van der Waals surface area contributed by atoms with Gasteiger partial charge in [-0.15, -0.1) is 0 Å². The average molecular weight is 360 g/mol. The second-order valence-corrected chi connectivity index (χ2v) is 6.19. The Labute approximate surface area is 157 Å². The minimum absolute atomic E-state index is 0.0641. The second kappa shape index (κ2) is 8.23. The Morgan fingerprint density at radius 2 is 1.56 bits per heavy atom. The van der Waals surface area contributed by atoms with E-state index in [2.05, 4.69) is 9.97 Å². The van der Waals surface area contributed by atoms with Crippen LogP contribution in [0.2, 0.25) is 0 Å². The van der Waals surface area contributed by atoms with Crippen molar-refractivity contribution in [1.82, 2.24) is 14.9 Å². The molecule has 2 N–H and O–H groups in total. The predicted octanol–water partition coefficient (Wildman–Crippen LogP) is 2.73. The molecule has 136 valence electrons. The van der Waals surface area contributed by atoms with Crippen molar-refractivity contribution in [3.63, 3.8) is 0 Å². The molecule has 0 aliphatic rings. The molecule has 0 saturated carbocycles. The number of hydrogen-bond acceptors (Lipinski definition) is 4. The molecule has 3 rings (SSSR count). The number of hydrogen-bond donors (Lipinski definition) is 1. The molecule has 0 bridgehead atoms. The van der Waals surface area contributed by atoms with E-state index in [0.29, 0.717) is 13.1 Å². The van der Waals surface area contributed by atoms with E-state index in [1.807, 2.05) is 55.5 Å². The van der Waals surface area contributed by atoms with Crippen LogP contribution in [-0.2, 0) is 13.1 Å². The number of carbonyl (C=O) groups excluding carboxylic acids is 2. The Hall–Kier alpha value is -3.54. The van der Waals surface area contributed by atoms with Crippen LogP contribution < -0.4 is 5.73 Å². The van der Waals surface area contributed by atoms with Gasteiger partial charge in [-0.1, -0.05) is 42.5 Å². The van der Waals surface area contributed by atoms with Gasteiger partial charge in [0.1, 0.15) is 11.4 Å². The second-order valence-electron chi connectivity index (χ2n) is 6.19. The number of aryl methyl sites for hydroxylation is 1. The van der Waals surface area contributed by atoms with Crippen LogP contribution in [0.1, 0.15) is 37.9 Å². The summed E-state index contributed by atoms with van der Waals surface area (Å²) in [5.74, 6) is -0.954. The van der Waals surface area contributed by atoms with Crippen molar-refractivity contribution >= 4 is 11.8 Å². The van der Waals surface area contributed by atoms with Crippen LogP contribution in [0.4, 0.5) is 0 Å². The SMILES string of the molecule is Cc1cccc(CN(Cc2ccccc2)C(=O)c2cccc(C(N)=O)n2)n1. The highest BCUT2D eigenvalue weighted by Gasteiger charge is 2.19. The van der Waals surface area contributed by atoms with Gasteiger partial charge in [-0.05, 0) is 36.8 Å². The third-order valence-corrected chi connectivity index (χ3v) is 4.02. The summed E-state index contributed by atoms with van der Waals surface area (Å²) in [6, 6.07) is 20.1. The summed E-state index contributed by atoms with van der Waals surface area (Å²) in [5.41, 5.74) is 8.18. The van der Waals surface area contributed by atoms with Crippen molar-refractivity contribution < 1.29 is 9.59 Å². The number of rotatable bonds is 6. The van der Waals surface area contributed by atoms with Gasteiger partial charge >= 0.3 is 0 Å². The van der Waals surface area contributed by atoms with Crippen molar-refractivity contribution in [2.45, 2.75) is 20.0 Å². The van der Waals surface area contributed by atoms with E-state index in [4.69, 9.17) is 5.73 Å².